The predicted octanol–water partition coefficient (Wildman–Crippen LogP) is 6.62. The van der Waals surface area contributed by atoms with Crippen molar-refractivity contribution in [2.75, 3.05) is 5.73 Å². The van der Waals surface area contributed by atoms with Crippen molar-refractivity contribution in [3.8, 4) is 5.69 Å². The number of ether oxygens (including phenoxy) is 2. The highest BCUT2D eigenvalue weighted by molar-refractivity contribution is 6.11. The van der Waals surface area contributed by atoms with Gasteiger partial charge in [-0.1, -0.05) is 42.5 Å². The van der Waals surface area contributed by atoms with Crippen LogP contribution in [0.5, 0.6) is 0 Å². The summed E-state index contributed by atoms with van der Waals surface area (Å²) in [6.45, 7) is 5.30. The predicted molar refractivity (Wildman–Crippen MR) is 180 cm³/mol. The lowest BCUT2D eigenvalue weighted by Crippen LogP contribution is -2.49. The topological polar surface area (TPSA) is 121 Å². The number of nitrogens with two attached hydrogens (primary N) is 1. The minimum absolute atomic E-state index is 0.0138. The molecule has 5 rings (SSSR count). The molecule has 1 atom stereocenters. The SMILES string of the molecule is CC(C)(C)OC(=O)N(Cc1ccc(-n2c(N)c(C(=O)c3ccc(F)cc3)ccc2=O)cc1)C(Cc1ccccc1)C(=O)OC1CCCC1. The second-order valence-electron chi connectivity index (χ2n) is 13.0. The highest BCUT2D eigenvalue weighted by Gasteiger charge is 2.36. The summed E-state index contributed by atoms with van der Waals surface area (Å²) in [5, 5.41) is 0. The minimum atomic E-state index is -0.963. The maximum Gasteiger partial charge on any atom is 0.411 e. The lowest BCUT2D eigenvalue weighted by atomic mass is 10.0. The van der Waals surface area contributed by atoms with Gasteiger partial charge in [0.05, 0.1) is 11.3 Å². The molecule has 48 heavy (non-hydrogen) atoms. The van der Waals surface area contributed by atoms with E-state index in [1.165, 1.54) is 45.9 Å². The van der Waals surface area contributed by atoms with Crippen LogP contribution in [0, 0.1) is 5.82 Å². The molecule has 1 fully saturated rings. The van der Waals surface area contributed by atoms with Crippen molar-refractivity contribution in [1.82, 2.24) is 9.47 Å². The lowest BCUT2D eigenvalue weighted by molar-refractivity contribution is -0.155. The second kappa shape index (κ2) is 14.7. The number of esters is 1. The van der Waals surface area contributed by atoms with E-state index in [9.17, 15) is 23.6 Å². The summed E-state index contributed by atoms with van der Waals surface area (Å²) in [5.74, 6) is -1.50. The van der Waals surface area contributed by atoms with Crippen LogP contribution in [0.25, 0.3) is 5.69 Å². The van der Waals surface area contributed by atoms with Gasteiger partial charge in [0.2, 0.25) is 0 Å². The number of carbonyl (C=O) groups excluding carboxylic acids is 3. The Hall–Kier alpha value is -5.25. The molecule has 0 radical (unpaired) electrons. The van der Waals surface area contributed by atoms with Crippen LogP contribution in [0.2, 0.25) is 0 Å². The summed E-state index contributed by atoms with van der Waals surface area (Å²) in [6.07, 6.45) is 2.92. The van der Waals surface area contributed by atoms with E-state index in [2.05, 4.69) is 0 Å². The summed E-state index contributed by atoms with van der Waals surface area (Å²) in [7, 11) is 0. The smallest absolute Gasteiger partial charge is 0.411 e. The Morgan fingerprint density at radius 2 is 1.54 bits per heavy atom. The molecule has 1 aromatic heterocycles. The van der Waals surface area contributed by atoms with Crippen LogP contribution in [-0.4, -0.2) is 45.1 Å². The van der Waals surface area contributed by atoms with E-state index < -0.39 is 40.9 Å². The Bertz CT molecular complexity index is 1810. The fourth-order valence-corrected chi connectivity index (χ4v) is 5.75. The standard InChI is InChI=1S/C38H40FN3O6/c1-38(2,3)48-37(46)41(32(23-25-9-5-4-6-10-25)36(45)47-30-11-7-8-12-30)24-26-13-19-29(20-14-26)42-33(43)22-21-31(35(42)40)34(44)27-15-17-28(39)18-16-27/h4-6,9-10,13-22,30,32H,7-8,11-12,23-24,40H2,1-3H3. The number of rotatable bonds is 10. The Labute approximate surface area is 279 Å². The van der Waals surface area contributed by atoms with Crippen LogP contribution in [0.1, 0.15) is 73.5 Å². The maximum atomic E-state index is 13.8. The number of benzene rings is 3. The Kier molecular flexibility index (Phi) is 10.4. The van der Waals surface area contributed by atoms with Gasteiger partial charge in [0, 0.05) is 24.6 Å². The molecule has 0 bridgehead atoms. The molecule has 1 heterocycles. The second-order valence-corrected chi connectivity index (χ2v) is 13.0. The molecule has 0 saturated heterocycles. The molecule has 0 spiro atoms. The van der Waals surface area contributed by atoms with Gasteiger partial charge in [-0.05, 0) is 100 Å². The zero-order chi connectivity index (χ0) is 34.4. The monoisotopic (exact) mass is 653 g/mol. The molecule has 1 amide bonds. The van der Waals surface area contributed by atoms with Crippen molar-refractivity contribution in [1.29, 1.82) is 0 Å². The zero-order valence-electron chi connectivity index (χ0n) is 27.4. The van der Waals surface area contributed by atoms with Crippen molar-refractivity contribution in [2.24, 2.45) is 0 Å². The number of anilines is 1. The first kappa shape index (κ1) is 34.1. The molecule has 4 aromatic rings. The zero-order valence-corrected chi connectivity index (χ0v) is 27.4. The lowest BCUT2D eigenvalue weighted by Gasteiger charge is -2.33. The van der Waals surface area contributed by atoms with Gasteiger partial charge in [-0.15, -0.1) is 0 Å². The number of hydrogen-bond donors (Lipinski definition) is 1. The molecular formula is C38H40FN3O6. The van der Waals surface area contributed by atoms with Gasteiger partial charge in [-0.25, -0.2) is 14.0 Å². The molecule has 1 aliphatic carbocycles. The number of amides is 1. The molecule has 2 N–H and O–H groups in total. The molecule has 1 saturated carbocycles. The van der Waals surface area contributed by atoms with Crippen molar-refractivity contribution in [3.05, 3.63) is 129 Å². The van der Waals surface area contributed by atoms with Crippen LogP contribution in [-0.2, 0) is 27.2 Å². The van der Waals surface area contributed by atoms with Crippen LogP contribution in [0.15, 0.2) is 95.8 Å². The van der Waals surface area contributed by atoms with E-state index in [0.717, 1.165) is 31.2 Å². The van der Waals surface area contributed by atoms with Crippen LogP contribution in [0.4, 0.5) is 15.0 Å². The van der Waals surface area contributed by atoms with Gasteiger partial charge < -0.3 is 15.2 Å². The number of ketones is 1. The number of hydrogen-bond acceptors (Lipinski definition) is 7. The largest absolute Gasteiger partial charge is 0.461 e. The number of aromatic nitrogens is 1. The Morgan fingerprint density at radius 3 is 2.17 bits per heavy atom. The summed E-state index contributed by atoms with van der Waals surface area (Å²) < 4.78 is 26.3. The maximum absolute atomic E-state index is 13.8. The summed E-state index contributed by atoms with van der Waals surface area (Å²) >= 11 is 0. The third kappa shape index (κ3) is 8.36. The molecule has 250 valence electrons. The molecular weight excluding hydrogens is 613 g/mol. The van der Waals surface area contributed by atoms with Crippen LogP contribution < -0.4 is 11.3 Å². The van der Waals surface area contributed by atoms with E-state index in [1.54, 1.807) is 45.0 Å². The van der Waals surface area contributed by atoms with E-state index in [0.29, 0.717) is 11.3 Å². The van der Waals surface area contributed by atoms with Gasteiger partial charge in [-0.2, -0.15) is 0 Å². The van der Waals surface area contributed by atoms with Crippen LogP contribution >= 0.6 is 0 Å². The first-order valence-corrected chi connectivity index (χ1v) is 16.0. The average molecular weight is 654 g/mol. The average Bonchev–Trinajstić information content (AvgIpc) is 3.56. The first-order valence-electron chi connectivity index (χ1n) is 16.0. The summed E-state index contributed by atoms with van der Waals surface area (Å²) in [6, 6.07) is 22.9. The van der Waals surface area contributed by atoms with Gasteiger partial charge in [0.15, 0.2) is 5.78 Å². The Morgan fingerprint density at radius 1 is 0.896 bits per heavy atom. The normalized spacial score (nSPS) is 13.9. The number of nitrogens with zero attached hydrogens (tertiary/aromatic N) is 2. The first-order chi connectivity index (χ1) is 22.9. The van der Waals surface area contributed by atoms with Crippen molar-refractivity contribution < 1.29 is 28.2 Å². The molecule has 9 nitrogen and oxygen atoms in total. The van der Waals surface area contributed by atoms with Gasteiger partial charge in [0.1, 0.15) is 29.4 Å². The highest BCUT2D eigenvalue weighted by atomic mass is 19.1. The number of halogens is 1. The van der Waals surface area contributed by atoms with Gasteiger partial charge in [-0.3, -0.25) is 19.1 Å². The molecule has 3 aromatic carbocycles. The molecule has 1 aliphatic rings. The quantitative estimate of drug-likeness (QED) is 0.151. The fraction of sp³-hybridized carbons (Fsp3) is 0.316. The summed E-state index contributed by atoms with van der Waals surface area (Å²) in [5.41, 5.74) is 7.31. The van der Waals surface area contributed by atoms with Crippen molar-refractivity contribution >= 4 is 23.7 Å². The van der Waals surface area contributed by atoms with E-state index in [4.69, 9.17) is 15.2 Å². The van der Waals surface area contributed by atoms with Gasteiger partial charge in [0.25, 0.3) is 5.56 Å². The van der Waals surface area contributed by atoms with Gasteiger partial charge >= 0.3 is 12.1 Å². The number of carbonyl (C=O) groups is 3. The minimum Gasteiger partial charge on any atom is -0.461 e. The van der Waals surface area contributed by atoms with E-state index in [1.807, 2.05) is 30.3 Å². The molecule has 10 heteroatoms. The highest BCUT2D eigenvalue weighted by Crippen LogP contribution is 2.25. The third-order valence-electron chi connectivity index (χ3n) is 8.16. The fourth-order valence-electron chi connectivity index (χ4n) is 5.75. The molecule has 1 unspecified atom stereocenters. The van der Waals surface area contributed by atoms with Crippen molar-refractivity contribution in [2.45, 2.75) is 77.2 Å². The van der Waals surface area contributed by atoms with Crippen molar-refractivity contribution in [3.63, 3.8) is 0 Å². The Balaban J connectivity index is 1.46. The van der Waals surface area contributed by atoms with E-state index >= 15 is 0 Å². The number of nitrogen functional groups attached to an aromatic ring is 1. The summed E-state index contributed by atoms with van der Waals surface area (Å²) in [4.78, 5) is 55.0. The third-order valence-corrected chi connectivity index (χ3v) is 8.16. The molecule has 0 aliphatic heterocycles. The number of pyridine rings is 1. The van der Waals surface area contributed by atoms with E-state index in [-0.39, 0.29) is 36.0 Å². The van der Waals surface area contributed by atoms with Crippen LogP contribution in [0.3, 0.4) is 0 Å².